The molecule has 0 radical (unpaired) electrons. The Kier molecular flexibility index (Phi) is 5.13. The van der Waals surface area contributed by atoms with E-state index < -0.39 is 11.5 Å². The molecule has 2 unspecified atom stereocenters. The fourth-order valence-electron chi connectivity index (χ4n) is 2.53. The molecule has 5 nitrogen and oxygen atoms in total. The maximum absolute atomic E-state index is 11.4. The SMILES string of the molecule is CCN(CC(N)(C(=O)O)C1CC1)C(C)CN(C)C. The van der Waals surface area contributed by atoms with E-state index in [0.29, 0.717) is 12.6 Å². The molecule has 0 aromatic rings. The van der Waals surface area contributed by atoms with Crippen LogP contribution in [-0.2, 0) is 4.79 Å². The van der Waals surface area contributed by atoms with Crippen molar-refractivity contribution < 1.29 is 9.90 Å². The van der Waals surface area contributed by atoms with Crippen molar-refractivity contribution in [3.05, 3.63) is 0 Å². The fourth-order valence-corrected chi connectivity index (χ4v) is 2.53. The maximum Gasteiger partial charge on any atom is 0.325 e. The summed E-state index contributed by atoms with van der Waals surface area (Å²) in [6.45, 7) is 6.36. The highest BCUT2D eigenvalue weighted by Gasteiger charge is 2.49. The molecular formula is C13H27N3O2. The Morgan fingerprint density at radius 2 is 2.06 bits per heavy atom. The van der Waals surface area contributed by atoms with Gasteiger partial charge in [-0.15, -0.1) is 0 Å². The third kappa shape index (κ3) is 3.67. The molecule has 106 valence electrons. The van der Waals surface area contributed by atoms with Gasteiger partial charge in [-0.3, -0.25) is 9.69 Å². The first-order valence-corrected chi connectivity index (χ1v) is 6.72. The molecule has 0 bridgehead atoms. The molecule has 1 fully saturated rings. The van der Waals surface area contributed by atoms with E-state index in [1.807, 2.05) is 14.1 Å². The highest BCUT2D eigenvalue weighted by atomic mass is 16.4. The van der Waals surface area contributed by atoms with Gasteiger partial charge in [0.2, 0.25) is 0 Å². The summed E-state index contributed by atoms with van der Waals surface area (Å²) < 4.78 is 0. The molecule has 18 heavy (non-hydrogen) atoms. The second kappa shape index (κ2) is 5.99. The first-order chi connectivity index (χ1) is 8.31. The lowest BCUT2D eigenvalue weighted by molar-refractivity contribution is -0.145. The van der Waals surface area contributed by atoms with Gasteiger partial charge >= 0.3 is 5.97 Å². The number of hydrogen-bond acceptors (Lipinski definition) is 4. The predicted molar refractivity (Wildman–Crippen MR) is 72.5 cm³/mol. The van der Waals surface area contributed by atoms with Gasteiger partial charge in [-0.1, -0.05) is 6.92 Å². The molecule has 0 heterocycles. The van der Waals surface area contributed by atoms with Crippen LogP contribution in [0.5, 0.6) is 0 Å². The van der Waals surface area contributed by atoms with Crippen molar-refractivity contribution in [3.8, 4) is 0 Å². The third-order valence-corrected chi connectivity index (χ3v) is 3.83. The molecule has 0 aromatic carbocycles. The highest BCUT2D eigenvalue weighted by Crippen LogP contribution is 2.39. The van der Waals surface area contributed by atoms with Crippen molar-refractivity contribution in [2.45, 2.75) is 38.3 Å². The largest absolute Gasteiger partial charge is 0.480 e. The number of carbonyl (C=O) groups is 1. The van der Waals surface area contributed by atoms with Gasteiger partial charge in [0.15, 0.2) is 0 Å². The monoisotopic (exact) mass is 257 g/mol. The second-order valence-corrected chi connectivity index (χ2v) is 5.79. The number of nitrogens with zero attached hydrogens (tertiary/aromatic N) is 2. The smallest absolute Gasteiger partial charge is 0.325 e. The summed E-state index contributed by atoms with van der Waals surface area (Å²) in [7, 11) is 4.05. The van der Waals surface area contributed by atoms with Crippen molar-refractivity contribution in [1.29, 1.82) is 0 Å². The van der Waals surface area contributed by atoms with Crippen LogP contribution in [0.15, 0.2) is 0 Å². The predicted octanol–water partition coefficient (Wildman–Crippen LogP) is 0.451. The quantitative estimate of drug-likeness (QED) is 0.661. The number of nitrogens with two attached hydrogens (primary N) is 1. The molecule has 0 spiro atoms. The van der Waals surface area contributed by atoms with Gasteiger partial charge in [0.1, 0.15) is 5.54 Å². The molecule has 3 N–H and O–H groups in total. The van der Waals surface area contributed by atoms with Gasteiger partial charge in [0.05, 0.1) is 0 Å². The zero-order valence-corrected chi connectivity index (χ0v) is 12.0. The van der Waals surface area contributed by atoms with Crippen LogP contribution in [0.25, 0.3) is 0 Å². The first-order valence-electron chi connectivity index (χ1n) is 6.72. The molecule has 2 atom stereocenters. The van der Waals surface area contributed by atoms with Gasteiger partial charge in [-0.05, 0) is 46.3 Å². The molecule has 1 aliphatic carbocycles. The number of carboxylic acid groups (broad SMARTS) is 1. The summed E-state index contributed by atoms with van der Waals surface area (Å²) in [6.07, 6.45) is 1.89. The van der Waals surface area contributed by atoms with E-state index in [0.717, 1.165) is 25.9 Å². The lowest BCUT2D eigenvalue weighted by atomic mass is 9.93. The maximum atomic E-state index is 11.4. The third-order valence-electron chi connectivity index (χ3n) is 3.83. The Morgan fingerprint density at radius 3 is 2.39 bits per heavy atom. The summed E-state index contributed by atoms with van der Waals surface area (Å²) >= 11 is 0. The van der Waals surface area contributed by atoms with Crippen LogP contribution in [0.3, 0.4) is 0 Å². The summed E-state index contributed by atoms with van der Waals surface area (Å²) in [6, 6.07) is 0.311. The zero-order valence-electron chi connectivity index (χ0n) is 12.0. The van der Waals surface area contributed by atoms with E-state index in [4.69, 9.17) is 5.73 Å². The van der Waals surface area contributed by atoms with E-state index in [9.17, 15) is 9.90 Å². The standard InChI is InChI=1S/C13H27N3O2/c1-5-16(10(2)8-15(3)4)9-13(14,12(17)18)11-6-7-11/h10-11H,5-9,14H2,1-4H3,(H,17,18). The second-order valence-electron chi connectivity index (χ2n) is 5.79. The molecule has 0 amide bonds. The number of rotatable bonds is 8. The van der Waals surface area contributed by atoms with Gasteiger partial charge in [0, 0.05) is 19.1 Å². The van der Waals surface area contributed by atoms with Crippen molar-refractivity contribution in [2.24, 2.45) is 11.7 Å². The van der Waals surface area contributed by atoms with Crippen LogP contribution < -0.4 is 5.73 Å². The Labute approximate surface area is 110 Å². The Balaban J connectivity index is 2.68. The van der Waals surface area contributed by atoms with E-state index in [-0.39, 0.29) is 5.92 Å². The van der Waals surface area contributed by atoms with Gasteiger partial charge in [0.25, 0.3) is 0 Å². The molecule has 1 rings (SSSR count). The molecule has 0 aromatic heterocycles. The Bertz CT molecular complexity index is 292. The minimum atomic E-state index is -1.07. The molecule has 1 aliphatic rings. The minimum Gasteiger partial charge on any atom is -0.480 e. The number of aliphatic carboxylic acids is 1. The Morgan fingerprint density at radius 1 is 1.50 bits per heavy atom. The number of hydrogen-bond donors (Lipinski definition) is 2. The van der Waals surface area contributed by atoms with Crippen molar-refractivity contribution in [2.75, 3.05) is 33.7 Å². The topological polar surface area (TPSA) is 69.8 Å². The molecule has 0 aliphatic heterocycles. The van der Waals surface area contributed by atoms with E-state index in [1.165, 1.54) is 0 Å². The van der Waals surface area contributed by atoms with Crippen molar-refractivity contribution in [3.63, 3.8) is 0 Å². The van der Waals surface area contributed by atoms with Crippen molar-refractivity contribution >= 4 is 5.97 Å². The minimum absolute atomic E-state index is 0.149. The summed E-state index contributed by atoms with van der Waals surface area (Å²) in [5.41, 5.74) is 5.06. The zero-order chi connectivity index (χ0) is 13.9. The van der Waals surface area contributed by atoms with E-state index in [1.54, 1.807) is 0 Å². The Hall–Kier alpha value is -0.650. The van der Waals surface area contributed by atoms with Crippen LogP contribution in [0.2, 0.25) is 0 Å². The van der Waals surface area contributed by atoms with Crippen LogP contribution in [-0.4, -0.2) is 66.2 Å². The summed E-state index contributed by atoms with van der Waals surface area (Å²) in [5, 5.41) is 9.39. The number of carboxylic acids is 1. The lowest BCUT2D eigenvalue weighted by Gasteiger charge is -2.36. The van der Waals surface area contributed by atoms with Crippen LogP contribution >= 0.6 is 0 Å². The number of likely N-dealkylation sites (N-methyl/N-ethyl adjacent to an activating group) is 2. The van der Waals surface area contributed by atoms with Crippen LogP contribution in [0.4, 0.5) is 0 Å². The summed E-state index contributed by atoms with van der Waals surface area (Å²) in [4.78, 5) is 15.7. The molecule has 0 saturated heterocycles. The fraction of sp³-hybridized carbons (Fsp3) is 0.923. The van der Waals surface area contributed by atoms with E-state index >= 15 is 0 Å². The van der Waals surface area contributed by atoms with Crippen molar-refractivity contribution in [1.82, 2.24) is 9.80 Å². The molecular weight excluding hydrogens is 230 g/mol. The van der Waals surface area contributed by atoms with Crippen LogP contribution in [0, 0.1) is 5.92 Å². The van der Waals surface area contributed by atoms with Gasteiger partial charge < -0.3 is 15.7 Å². The average Bonchev–Trinajstić information content (AvgIpc) is 3.07. The highest BCUT2D eigenvalue weighted by molar-refractivity contribution is 5.79. The van der Waals surface area contributed by atoms with Crippen LogP contribution in [0.1, 0.15) is 26.7 Å². The average molecular weight is 257 g/mol. The van der Waals surface area contributed by atoms with Gasteiger partial charge in [-0.25, -0.2) is 0 Å². The normalized spacial score (nSPS) is 21.1. The lowest BCUT2D eigenvalue weighted by Crippen LogP contribution is -2.60. The molecule has 5 heteroatoms. The first kappa shape index (κ1) is 15.4. The summed E-state index contributed by atoms with van der Waals surface area (Å²) in [5.74, 6) is -0.712. The molecule has 1 saturated carbocycles. The van der Waals surface area contributed by atoms with E-state index in [2.05, 4.69) is 23.6 Å². The van der Waals surface area contributed by atoms with Gasteiger partial charge in [-0.2, -0.15) is 0 Å².